The predicted octanol–water partition coefficient (Wildman–Crippen LogP) is 4.28. The second-order valence-electron chi connectivity index (χ2n) is 5.04. The number of aryl methyl sites for hydroxylation is 1. The number of hydrogen-bond acceptors (Lipinski definition) is 2. The van der Waals surface area contributed by atoms with E-state index in [-0.39, 0.29) is 12.1 Å². The van der Waals surface area contributed by atoms with Crippen molar-refractivity contribution in [3.8, 4) is 5.75 Å². The summed E-state index contributed by atoms with van der Waals surface area (Å²) >= 11 is 3.50. The molecule has 0 saturated heterocycles. The molecule has 0 aliphatic carbocycles. The highest BCUT2D eigenvalue weighted by molar-refractivity contribution is 9.10. The lowest BCUT2D eigenvalue weighted by Crippen LogP contribution is -2.24. The monoisotopic (exact) mass is 317 g/mol. The van der Waals surface area contributed by atoms with Crippen LogP contribution in [-0.4, -0.2) is 0 Å². The van der Waals surface area contributed by atoms with Crippen molar-refractivity contribution in [2.24, 2.45) is 5.73 Å². The third-order valence-corrected chi connectivity index (χ3v) is 4.02. The summed E-state index contributed by atoms with van der Waals surface area (Å²) in [6, 6.07) is 14.5. The molecule has 1 unspecified atom stereocenters. The zero-order valence-corrected chi connectivity index (χ0v) is 12.4. The maximum atomic E-state index is 6.29. The minimum absolute atomic E-state index is 0.0303. The Kier molecular flexibility index (Phi) is 3.33. The van der Waals surface area contributed by atoms with E-state index in [0.29, 0.717) is 0 Å². The van der Waals surface area contributed by atoms with Gasteiger partial charge in [-0.05, 0) is 30.7 Å². The van der Waals surface area contributed by atoms with Crippen LogP contribution in [0, 0.1) is 6.92 Å². The summed E-state index contributed by atoms with van der Waals surface area (Å²) in [7, 11) is 0. The van der Waals surface area contributed by atoms with Gasteiger partial charge in [-0.2, -0.15) is 0 Å². The van der Waals surface area contributed by atoms with Gasteiger partial charge < -0.3 is 10.5 Å². The van der Waals surface area contributed by atoms with Crippen LogP contribution in [-0.2, 0) is 0 Å². The summed E-state index contributed by atoms with van der Waals surface area (Å²) < 4.78 is 7.16. The average molecular weight is 318 g/mol. The molecule has 0 aromatic heterocycles. The Labute approximate surface area is 121 Å². The third kappa shape index (κ3) is 2.53. The number of hydrogen-bond donors (Lipinski definition) is 1. The van der Waals surface area contributed by atoms with Gasteiger partial charge in [-0.3, -0.25) is 0 Å². The van der Waals surface area contributed by atoms with Crippen LogP contribution in [0.3, 0.4) is 0 Å². The molecule has 0 radical (unpaired) electrons. The molecule has 3 heteroatoms. The molecule has 2 nitrogen and oxygen atoms in total. The first-order valence-corrected chi connectivity index (χ1v) is 7.21. The van der Waals surface area contributed by atoms with Crippen LogP contribution in [0.1, 0.15) is 35.3 Å². The number of fused-ring (bicyclic) bond motifs is 1. The zero-order valence-electron chi connectivity index (χ0n) is 10.8. The SMILES string of the molecule is Cc1ccc2c(c1)[C@H](N)CC(c1cccc(Br)c1)O2. The first-order valence-electron chi connectivity index (χ1n) is 6.42. The third-order valence-electron chi connectivity index (χ3n) is 3.52. The number of rotatable bonds is 1. The largest absolute Gasteiger partial charge is 0.485 e. The second kappa shape index (κ2) is 4.99. The van der Waals surface area contributed by atoms with Crippen LogP contribution in [0.4, 0.5) is 0 Å². The van der Waals surface area contributed by atoms with E-state index >= 15 is 0 Å². The van der Waals surface area contributed by atoms with Crippen molar-refractivity contribution < 1.29 is 4.74 Å². The van der Waals surface area contributed by atoms with Crippen LogP contribution < -0.4 is 10.5 Å². The van der Waals surface area contributed by atoms with Gasteiger partial charge in [-0.1, -0.05) is 45.8 Å². The molecule has 2 N–H and O–H groups in total. The molecule has 0 amide bonds. The Balaban J connectivity index is 1.95. The Morgan fingerprint density at radius 2 is 2.05 bits per heavy atom. The number of nitrogens with two attached hydrogens (primary N) is 1. The first kappa shape index (κ1) is 12.7. The molecule has 0 bridgehead atoms. The van der Waals surface area contributed by atoms with Crippen molar-refractivity contribution in [2.75, 3.05) is 0 Å². The Hall–Kier alpha value is -1.32. The Morgan fingerprint density at radius 1 is 1.21 bits per heavy atom. The minimum atomic E-state index is 0.0303. The highest BCUT2D eigenvalue weighted by Gasteiger charge is 2.27. The van der Waals surface area contributed by atoms with Crippen LogP contribution in [0.25, 0.3) is 0 Å². The van der Waals surface area contributed by atoms with Crippen LogP contribution in [0.2, 0.25) is 0 Å². The zero-order chi connectivity index (χ0) is 13.4. The molecule has 19 heavy (non-hydrogen) atoms. The molecule has 2 aromatic rings. The van der Waals surface area contributed by atoms with E-state index < -0.39 is 0 Å². The Bertz CT molecular complexity index is 611. The lowest BCUT2D eigenvalue weighted by Gasteiger charge is -2.31. The Morgan fingerprint density at radius 3 is 2.84 bits per heavy atom. The van der Waals surface area contributed by atoms with Gasteiger partial charge in [0.05, 0.1) is 0 Å². The molecule has 0 fully saturated rings. The minimum Gasteiger partial charge on any atom is -0.485 e. The number of ether oxygens (including phenoxy) is 1. The molecular formula is C16H16BrNO. The van der Waals surface area contributed by atoms with Crippen molar-refractivity contribution in [2.45, 2.75) is 25.5 Å². The van der Waals surface area contributed by atoms with Gasteiger partial charge in [0.15, 0.2) is 0 Å². The fourth-order valence-electron chi connectivity index (χ4n) is 2.53. The maximum absolute atomic E-state index is 6.29. The molecule has 3 rings (SSSR count). The van der Waals surface area contributed by atoms with E-state index in [1.165, 1.54) is 5.56 Å². The van der Waals surface area contributed by atoms with Crippen LogP contribution >= 0.6 is 15.9 Å². The fraction of sp³-hybridized carbons (Fsp3) is 0.250. The predicted molar refractivity (Wildman–Crippen MR) is 80.2 cm³/mol. The first-order chi connectivity index (χ1) is 9.13. The summed E-state index contributed by atoms with van der Waals surface area (Å²) in [5.41, 5.74) is 9.79. The molecule has 1 aliphatic rings. The second-order valence-corrected chi connectivity index (χ2v) is 5.96. The molecule has 0 saturated carbocycles. The van der Waals surface area contributed by atoms with Gasteiger partial charge in [0.2, 0.25) is 0 Å². The van der Waals surface area contributed by atoms with Gasteiger partial charge >= 0.3 is 0 Å². The number of halogens is 1. The lowest BCUT2D eigenvalue weighted by atomic mass is 9.93. The molecule has 2 atom stereocenters. The molecule has 98 valence electrons. The van der Waals surface area contributed by atoms with Crippen molar-refractivity contribution >= 4 is 15.9 Å². The average Bonchev–Trinajstić information content (AvgIpc) is 2.39. The van der Waals surface area contributed by atoms with Gasteiger partial charge in [-0.25, -0.2) is 0 Å². The molecular weight excluding hydrogens is 302 g/mol. The van der Waals surface area contributed by atoms with Crippen LogP contribution in [0.5, 0.6) is 5.75 Å². The lowest BCUT2D eigenvalue weighted by molar-refractivity contribution is 0.161. The maximum Gasteiger partial charge on any atom is 0.126 e. The van der Waals surface area contributed by atoms with Crippen molar-refractivity contribution in [3.63, 3.8) is 0 Å². The molecule has 1 aliphatic heterocycles. The topological polar surface area (TPSA) is 35.2 Å². The summed E-state index contributed by atoms with van der Waals surface area (Å²) in [6.45, 7) is 2.08. The van der Waals surface area contributed by atoms with Gasteiger partial charge in [0.25, 0.3) is 0 Å². The van der Waals surface area contributed by atoms with Gasteiger partial charge in [-0.15, -0.1) is 0 Å². The van der Waals surface area contributed by atoms with Crippen molar-refractivity contribution in [1.82, 2.24) is 0 Å². The summed E-state index contributed by atoms with van der Waals surface area (Å²) in [5.74, 6) is 0.911. The number of benzene rings is 2. The smallest absolute Gasteiger partial charge is 0.126 e. The quantitative estimate of drug-likeness (QED) is 0.852. The molecule has 1 heterocycles. The summed E-state index contributed by atoms with van der Waals surface area (Å²) in [4.78, 5) is 0. The highest BCUT2D eigenvalue weighted by atomic mass is 79.9. The van der Waals surface area contributed by atoms with Gasteiger partial charge in [0.1, 0.15) is 11.9 Å². The van der Waals surface area contributed by atoms with E-state index in [4.69, 9.17) is 10.5 Å². The normalized spacial score (nSPS) is 21.6. The van der Waals surface area contributed by atoms with Crippen molar-refractivity contribution in [1.29, 1.82) is 0 Å². The summed E-state index contributed by atoms with van der Waals surface area (Å²) in [5, 5.41) is 0. The van der Waals surface area contributed by atoms with E-state index in [1.54, 1.807) is 0 Å². The van der Waals surface area contributed by atoms with E-state index in [1.807, 2.05) is 18.2 Å². The van der Waals surface area contributed by atoms with E-state index in [9.17, 15) is 0 Å². The highest BCUT2D eigenvalue weighted by Crippen LogP contribution is 2.40. The van der Waals surface area contributed by atoms with Crippen LogP contribution in [0.15, 0.2) is 46.9 Å². The molecule has 2 aromatic carbocycles. The fourth-order valence-corrected chi connectivity index (χ4v) is 2.95. The van der Waals surface area contributed by atoms with E-state index in [0.717, 1.165) is 27.8 Å². The van der Waals surface area contributed by atoms with E-state index in [2.05, 4.69) is 47.1 Å². The van der Waals surface area contributed by atoms with Gasteiger partial charge in [0, 0.05) is 22.5 Å². The molecule has 0 spiro atoms. The standard InChI is InChI=1S/C16H16BrNO/c1-10-5-6-15-13(7-10)14(18)9-16(19-15)11-3-2-4-12(17)8-11/h2-8,14,16H,9,18H2,1H3/t14-,16?/m1/s1. The van der Waals surface area contributed by atoms with Crippen molar-refractivity contribution in [3.05, 3.63) is 63.6 Å². The summed E-state index contributed by atoms with van der Waals surface area (Å²) in [6.07, 6.45) is 0.843.